The van der Waals surface area contributed by atoms with Crippen LogP contribution in [-0.2, 0) is 0 Å². The van der Waals surface area contributed by atoms with Crippen LogP contribution in [0.5, 0.6) is 0 Å². The number of piperidine rings is 1. The molecular formula is C17H23N3O4. The number of amides is 1. The van der Waals surface area contributed by atoms with Gasteiger partial charge in [-0.05, 0) is 25.3 Å². The highest BCUT2D eigenvalue weighted by Crippen LogP contribution is 2.29. The number of anilines is 1. The molecule has 2 rings (SSSR count). The van der Waals surface area contributed by atoms with Crippen molar-refractivity contribution < 1.29 is 14.8 Å². The zero-order valence-electron chi connectivity index (χ0n) is 13.7. The number of nitro groups is 1. The zero-order chi connectivity index (χ0) is 17.5. The first-order valence-electron chi connectivity index (χ1n) is 8.13. The quantitative estimate of drug-likeness (QED) is 0.469. The van der Waals surface area contributed by atoms with Gasteiger partial charge in [0.15, 0.2) is 0 Å². The van der Waals surface area contributed by atoms with Crippen LogP contribution in [0.2, 0.25) is 0 Å². The van der Waals surface area contributed by atoms with Crippen LogP contribution in [0.1, 0.15) is 29.6 Å². The number of hydrogen-bond acceptors (Lipinski definition) is 5. The molecule has 0 saturated carbocycles. The molecule has 1 N–H and O–H groups in total. The van der Waals surface area contributed by atoms with Crippen LogP contribution < -0.4 is 4.90 Å². The van der Waals surface area contributed by atoms with E-state index in [9.17, 15) is 20.0 Å². The fourth-order valence-electron chi connectivity index (χ4n) is 2.94. The molecule has 1 fully saturated rings. The molecule has 130 valence electrons. The summed E-state index contributed by atoms with van der Waals surface area (Å²) in [6, 6.07) is 4.42. The number of benzene rings is 1. The lowest BCUT2D eigenvalue weighted by molar-refractivity contribution is -0.384. The van der Waals surface area contributed by atoms with Gasteiger partial charge in [0.05, 0.1) is 22.8 Å². The predicted octanol–water partition coefficient (Wildman–Crippen LogP) is 2.21. The second-order valence-corrected chi connectivity index (χ2v) is 5.77. The average Bonchev–Trinajstić information content (AvgIpc) is 2.61. The summed E-state index contributed by atoms with van der Waals surface area (Å²) in [5.74, 6) is -0.326. The number of hydrogen-bond donors (Lipinski definition) is 1. The van der Waals surface area contributed by atoms with Gasteiger partial charge in [-0.2, -0.15) is 0 Å². The van der Waals surface area contributed by atoms with E-state index in [1.165, 1.54) is 17.0 Å². The summed E-state index contributed by atoms with van der Waals surface area (Å²) in [4.78, 5) is 27.0. The minimum absolute atomic E-state index is 0.110. The van der Waals surface area contributed by atoms with E-state index in [0.717, 1.165) is 38.0 Å². The van der Waals surface area contributed by atoms with Crippen molar-refractivity contribution >= 4 is 17.3 Å². The molecule has 24 heavy (non-hydrogen) atoms. The maximum atomic E-state index is 12.9. The molecule has 0 aromatic heterocycles. The van der Waals surface area contributed by atoms with Crippen LogP contribution >= 0.6 is 0 Å². The van der Waals surface area contributed by atoms with Gasteiger partial charge in [0.25, 0.3) is 11.6 Å². The molecule has 1 heterocycles. The van der Waals surface area contributed by atoms with Gasteiger partial charge in [0.2, 0.25) is 0 Å². The molecule has 0 aliphatic carbocycles. The molecule has 1 saturated heterocycles. The third-order valence-electron chi connectivity index (χ3n) is 4.12. The molecule has 7 nitrogen and oxygen atoms in total. The zero-order valence-corrected chi connectivity index (χ0v) is 13.7. The molecule has 7 heteroatoms. The second kappa shape index (κ2) is 8.44. The Morgan fingerprint density at radius 1 is 1.38 bits per heavy atom. The summed E-state index contributed by atoms with van der Waals surface area (Å²) in [5, 5.41) is 20.3. The van der Waals surface area contributed by atoms with Gasteiger partial charge in [0.1, 0.15) is 0 Å². The van der Waals surface area contributed by atoms with E-state index in [4.69, 9.17) is 0 Å². The van der Waals surface area contributed by atoms with Crippen molar-refractivity contribution in [3.05, 3.63) is 46.5 Å². The van der Waals surface area contributed by atoms with E-state index >= 15 is 0 Å². The first-order chi connectivity index (χ1) is 11.6. The first-order valence-corrected chi connectivity index (χ1v) is 8.13. The highest BCUT2D eigenvalue weighted by atomic mass is 16.6. The molecular weight excluding hydrogens is 310 g/mol. The van der Waals surface area contributed by atoms with Crippen molar-refractivity contribution in [1.82, 2.24) is 4.90 Å². The van der Waals surface area contributed by atoms with Gasteiger partial charge in [-0.3, -0.25) is 14.9 Å². The van der Waals surface area contributed by atoms with Crippen molar-refractivity contribution in [2.75, 3.05) is 37.7 Å². The van der Waals surface area contributed by atoms with Crippen molar-refractivity contribution in [3.8, 4) is 0 Å². The fourth-order valence-corrected chi connectivity index (χ4v) is 2.94. The van der Waals surface area contributed by atoms with Crippen molar-refractivity contribution in [2.45, 2.75) is 19.3 Å². The van der Waals surface area contributed by atoms with E-state index in [0.29, 0.717) is 5.56 Å². The van der Waals surface area contributed by atoms with E-state index in [1.807, 2.05) is 0 Å². The molecule has 0 radical (unpaired) electrons. The minimum Gasteiger partial charge on any atom is -0.395 e. The van der Waals surface area contributed by atoms with E-state index in [1.54, 1.807) is 12.1 Å². The summed E-state index contributed by atoms with van der Waals surface area (Å²) in [6.07, 6.45) is 4.81. The number of carbonyl (C=O) groups excluding carboxylic acids is 1. The fraction of sp³-hybridized carbons (Fsp3) is 0.471. The Balaban J connectivity index is 2.42. The number of nitro benzene ring substituents is 1. The van der Waals surface area contributed by atoms with Gasteiger partial charge in [-0.25, -0.2) is 0 Å². The third-order valence-corrected chi connectivity index (χ3v) is 4.12. The van der Waals surface area contributed by atoms with Gasteiger partial charge in [-0.15, -0.1) is 6.58 Å². The summed E-state index contributed by atoms with van der Waals surface area (Å²) in [7, 11) is 0. The predicted molar refractivity (Wildman–Crippen MR) is 92.3 cm³/mol. The van der Waals surface area contributed by atoms with Crippen LogP contribution in [0.25, 0.3) is 0 Å². The maximum Gasteiger partial charge on any atom is 0.270 e. The molecule has 1 aliphatic rings. The highest BCUT2D eigenvalue weighted by molar-refractivity contribution is 6.00. The Bertz CT molecular complexity index is 612. The molecule has 1 aromatic carbocycles. The van der Waals surface area contributed by atoms with Crippen molar-refractivity contribution in [2.24, 2.45) is 0 Å². The summed E-state index contributed by atoms with van der Waals surface area (Å²) >= 11 is 0. The Morgan fingerprint density at radius 2 is 2.08 bits per heavy atom. The Hall–Kier alpha value is -2.41. The maximum absolute atomic E-state index is 12.9. The monoisotopic (exact) mass is 333 g/mol. The van der Waals surface area contributed by atoms with Crippen molar-refractivity contribution in [3.63, 3.8) is 0 Å². The van der Waals surface area contributed by atoms with E-state index in [2.05, 4.69) is 11.5 Å². The van der Waals surface area contributed by atoms with Gasteiger partial charge in [0, 0.05) is 38.3 Å². The number of aliphatic hydroxyl groups excluding tert-OH is 1. The van der Waals surface area contributed by atoms with Crippen LogP contribution in [0.4, 0.5) is 11.4 Å². The summed E-state index contributed by atoms with van der Waals surface area (Å²) in [6.45, 7) is 5.55. The van der Waals surface area contributed by atoms with Gasteiger partial charge >= 0.3 is 0 Å². The molecule has 0 unspecified atom stereocenters. The smallest absolute Gasteiger partial charge is 0.270 e. The van der Waals surface area contributed by atoms with Crippen LogP contribution in [0.15, 0.2) is 30.9 Å². The molecule has 1 aliphatic heterocycles. The lowest BCUT2D eigenvalue weighted by Gasteiger charge is -2.31. The lowest BCUT2D eigenvalue weighted by Crippen LogP contribution is -2.36. The van der Waals surface area contributed by atoms with E-state index in [-0.39, 0.29) is 31.3 Å². The van der Waals surface area contributed by atoms with Crippen LogP contribution in [0.3, 0.4) is 0 Å². The van der Waals surface area contributed by atoms with E-state index < -0.39 is 4.92 Å². The van der Waals surface area contributed by atoms with Gasteiger partial charge in [-0.1, -0.05) is 6.08 Å². The number of rotatable bonds is 7. The van der Waals surface area contributed by atoms with Gasteiger partial charge < -0.3 is 14.9 Å². The molecule has 1 aromatic rings. The standard InChI is InChI=1S/C17H23N3O4/c1-2-8-19(11-12-21)17(22)15-13-14(20(23)24)6-7-16(15)18-9-4-3-5-10-18/h2,6-7,13,21H,1,3-5,8-12H2. The number of non-ortho nitro benzene ring substituents is 1. The molecule has 0 spiro atoms. The van der Waals surface area contributed by atoms with Crippen molar-refractivity contribution in [1.29, 1.82) is 0 Å². The second-order valence-electron chi connectivity index (χ2n) is 5.77. The molecule has 0 bridgehead atoms. The SMILES string of the molecule is C=CCN(CCO)C(=O)c1cc([N+](=O)[O-])ccc1N1CCCCC1. The van der Waals surface area contributed by atoms with Crippen LogP contribution in [0, 0.1) is 10.1 Å². The lowest BCUT2D eigenvalue weighted by atomic mass is 10.1. The number of carbonyl (C=O) groups is 1. The van der Waals surface area contributed by atoms with Crippen LogP contribution in [-0.4, -0.2) is 53.6 Å². The Morgan fingerprint density at radius 3 is 2.67 bits per heavy atom. The third kappa shape index (κ3) is 4.11. The average molecular weight is 333 g/mol. The summed E-state index contributed by atoms with van der Waals surface area (Å²) in [5.41, 5.74) is 0.917. The normalized spacial score (nSPS) is 14.3. The number of nitrogens with zero attached hydrogens (tertiary/aromatic N) is 3. The Labute approximate surface area is 141 Å². The molecule has 1 amide bonds. The number of aliphatic hydroxyl groups is 1. The highest BCUT2D eigenvalue weighted by Gasteiger charge is 2.24. The molecule has 0 atom stereocenters. The largest absolute Gasteiger partial charge is 0.395 e. The minimum atomic E-state index is -0.499. The Kier molecular flexibility index (Phi) is 6.31. The summed E-state index contributed by atoms with van der Waals surface area (Å²) < 4.78 is 0. The first kappa shape index (κ1) is 17.9. The topological polar surface area (TPSA) is 86.9 Å².